The third kappa shape index (κ3) is 7.23. The smallest absolute Gasteiger partial charge is 0.293 e. The summed E-state index contributed by atoms with van der Waals surface area (Å²) < 4.78 is 41.0. The Labute approximate surface area is 234 Å². The summed E-state index contributed by atoms with van der Waals surface area (Å²) in [5.41, 5.74) is 6.99. The Morgan fingerprint density at radius 2 is 1.57 bits per heavy atom. The molecule has 206 valence electrons. The third-order valence-electron chi connectivity index (χ3n) is 5.87. The number of thioether (sulfide) groups is 1. The number of nitrogens with two attached hydrogens (primary N) is 1. The number of anilines is 1. The lowest BCUT2D eigenvalue weighted by Crippen LogP contribution is -2.32. The van der Waals surface area contributed by atoms with Crippen LogP contribution in [0.4, 0.5) is 15.8 Å². The van der Waals surface area contributed by atoms with Crippen LogP contribution in [0.2, 0.25) is 0 Å². The molecule has 12 heteroatoms. The van der Waals surface area contributed by atoms with Gasteiger partial charge in [-0.15, -0.1) is 11.8 Å². The quantitative estimate of drug-likeness (QED) is 0.127. The van der Waals surface area contributed by atoms with Crippen LogP contribution < -0.4 is 15.8 Å². The van der Waals surface area contributed by atoms with E-state index < -0.39 is 31.4 Å². The fourth-order valence-electron chi connectivity index (χ4n) is 3.75. The number of carbonyl (C=O) groups is 1. The lowest BCUT2D eigenvalue weighted by molar-refractivity contribution is -0.384. The van der Waals surface area contributed by atoms with E-state index in [1.54, 1.807) is 24.3 Å². The van der Waals surface area contributed by atoms with Crippen molar-refractivity contribution in [3.05, 3.63) is 119 Å². The molecule has 0 spiro atoms. The fraction of sp³-hybridized carbons (Fsp3) is 0.107. The van der Waals surface area contributed by atoms with Crippen molar-refractivity contribution in [1.82, 2.24) is 4.72 Å². The van der Waals surface area contributed by atoms with Gasteiger partial charge >= 0.3 is 0 Å². The highest BCUT2D eigenvalue weighted by atomic mass is 32.2. The van der Waals surface area contributed by atoms with Crippen LogP contribution in [0, 0.1) is 15.9 Å². The van der Waals surface area contributed by atoms with Gasteiger partial charge in [0.2, 0.25) is 0 Å². The summed E-state index contributed by atoms with van der Waals surface area (Å²) in [7, 11) is -4.43. The van der Waals surface area contributed by atoms with Crippen molar-refractivity contribution < 1.29 is 22.5 Å². The number of nitro groups is 1. The maximum Gasteiger partial charge on any atom is 0.293 e. The molecule has 4 N–H and O–H groups in total. The topological polar surface area (TPSA) is 144 Å². The molecular weight excluding hydrogens is 555 g/mol. The number of rotatable bonds is 11. The van der Waals surface area contributed by atoms with Crippen molar-refractivity contribution in [1.29, 1.82) is 0 Å². The highest BCUT2D eigenvalue weighted by Gasteiger charge is 2.25. The zero-order valence-electron chi connectivity index (χ0n) is 21.0. The van der Waals surface area contributed by atoms with Crippen LogP contribution in [0.1, 0.15) is 10.4 Å². The summed E-state index contributed by atoms with van der Waals surface area (Å²) in [5.74, 6) is -0.764. The Bertz CT molecular complexity index is 1600. The first kappa shape index (κ1) is 28.7. The first-order chi connectivity index (χ1) is 19.2. The van der Waals surface area contributed by atoms with Gasteiger partial charge in [-0.1, -0.05) is 42.5 Å². The van der Waals surface area contributed by atoms with Crippen LogP contribution >= 0.6 is 11.8 Å². The van der Waals surface area contributed by atoms with Crippen molar-refractivity contribution in [3.8, 4) is 11.1 Å². The lowest BCUT2D eigenvalue weighted by Gasteiger charge is -2.18. The fourth-order valence-corrected chi connectivity index (χ4v) is 5.71. The molecule has 0 aliphatic rings. The molecule has 0 saturated heterocycles. The van der Waals surface area contributed by atoms with Crippen LogP contribution in [-0.4, -0.2) is 37.6 Å². The number of nitrogens with zero attached hydrogens (tertiary/aromatic N) is 1. The van der Waals surface area contributed by atoms with E-state index >= 15 is 0 Å². The number of nitro benzene ring substituents is 1. The van der Waals surface area contributed by atoms with Gasteiger partial charge in [-0.2, -0.15) is 0 Å². The van der Waals surface area contributed by atoms with Crippen LogP contribution in [0.5, 0.6) is 0 Å². The van der Waals surface area contributed by atoms with Crippen LogP contribution in [0.25, 0.3) is 11.1 Å². The van der Waals surface area contributed by atoms with E-state index in [1.165, 1.54) is 48.2 Å². The molecular formula is C28H25FN4O5S2. The van der Waals surface area contributed by atoms with Gasteiger partial charge < -0.3 is 11.1 Å². The molecule has 4 aromatic carbocycles. The van der Waals surface area contributed by atoms with E-state index in [0.717, 1.165) is 16.5 Å². The number of hydrogen-bond donors (Lipinski definition) is 3. The molecule has 0 bridgehead atoms. The predicted octanol–water partition coefficient (Wildman–Crippen LogP) is 5.05. The maximum absolute atomic E-state index is 13.2. The second-order valence-corrected chi connectivity index (χ2v) is 11.4. The van der Waals surface area contributed by atoms with Crippen LogP contribution in [0.15, 0.2) is 107 Å². The minimum Gasteiger partial charge on any atom is -0.375 e. The normalized spacial score (nSPS) is 11.9. The molecule has 0 heterocycles. The second kappa shape index (κ2) is 12.7. The highest BCUT2D eigenvalue weighted by Crippen LogP contribution is 2.29. The Kier molecular flexibility index (Phi) is 9.15. The van der Waals surface area contributed by atoms with Gasteiger partial charge in [-0.05, 0) is 59.7 Å². The molecule has 4 aromatic rings. The summed E-state index contributed by atoms with van der Waals surface area (Å²) in [6, 6.07) is 24.5. The third-order valence-corrected chi connectivity index (χ3v) is 8.37. The second-order valence-electron chi connectivity index (χ2n) is 8.66. The highest BCUT2D eigenvalue weighted by molar-refractivity contribution is 7.99. The van der Waals surface area contributed by atoms with Crippen molar-refractivity contribution >= 4 is 39.1 Å². The van der Waals surface area contributed by atoms with Gasteiger partial charge in [0, 0.05) is 34.9 Å². The van der Waals surface area contributed by atoms with E-state index in [4.69, 9.17) is 5.73 Å². The van der Waals surface area contributed by atoms with E-state index in [0.29, 0.717) is 11.3 Å². The number of sulfonamides is 1. The molecule has 4 rings (SSSR count). The molecule has 40 heavy (non-hydrogen) atoms. The van der Waals surface area contributed by atoms with Gasteiger partial charge in [0.05, 0.1) is 9.82 Å². The first-order valence-corrected chi connectivity index (χ1v) is 14.5. The molecule has 1 amide bonds. The maximum atomic E-state index is 13.2. The van der Waals surface area contributed by atoms with E-state index in [1.807, 2.05) is 35.1 Å². The van der Waals surface area contributed by atoms with Gasteiger partial charge in [0.25, 0.3) is 21.6 Å². The van der Waals surface area contributed by atoms with Gasteiger partial charge in [0.1, 0.15) is 11.5 Å². The monoisotopic (exact) mass is 580 g/mol. The molecule has 0 radical (unpaired) electrons. The van der Waals surface area contributed by atoms with E-state index in [2.05, 4.69) is 5.32 Å². The van der Waals surface area contributed by atoms with Crippen molar-refractivity contribution in [3.63, 3.8) is 0 Å². The first-order valence-electron chi connectivity index (χ1n) is 12.0. The zero-order valence-corrected chi connectivity index (χ0v) is 22.6. The average Bonchev–Trinajstić information content (AvgIpc) is 2.96. The molecule has 0 saturated carbocycles. The van der Waals surface area contributed by atoms with Crippen LogP contribution in [0.3, 0.4) is 0 Å². The lowest BCUT2D eigenvalue weighted by atomic mass is 10.0. The molecule has 0 fully saturated rings. The minimum absolute atomic E-state index is 0.0592. The van der Waals surface area contributed by atoms with Gasteiger partial charge in [-0.3, -0.25) is 14.9 Å². The Balaban J connectivity index is 1.47. The standard InChI is InChI=1S/C28H25FN4O5S2/c29-22-12-10-20(11-13-22)19-6-8-21(9-7-19)28(34)32-40(37,38)25-14-15-26(27(16-25)33(35)36)31-23(17-30)18-39-24-4-2-1-3-5-24/h1-16,23,31H,17-18,30H2,(H,32,34). The number of hydrogen-bond acceptors (Lipinski definition) is 8. The Hall–Kier alpha value is -4.26. The molecule has 1 unspecified atom stereocenters. The van der Waals surface area contributed by atoms with Crippen LogP contribution in [-0.2, 0) is 10.0 Å². The summed E-state index contributed by atoms with van der Waals surface area (Å²) in [6.07, 6.45) is 0. The van der Waals surface area contributed by atoms with Gasteiger partial charge in [-0.25, -0.2) is 17.5 Å². The van der Waals surface area contributed by atoms with Gasteiger partial charge in [0.15, 0.2) is 0 Å². The molecule has 0 aromatic heterocycles. The largest absolute Gasteiger partial charge is 0.375 e. The summed E-state index contributed by atoms with van der Waals surface area (Å²) >= 11 is 1.53. The van der Waals surface area contributed by atoms with Crippen molar-refractivity contribution in [2.24, 2.45) is 5.73 Å². The summed E-state index contributed by atoms with van der Waals surface area (Å²) in [6.45, 7) is 0.188. The number of benzene rings is 4. The molecule has 0 aliphatic carbocycles. The number of amides is 1. The number of carbonyl (C=O) groups excluding carboxylic acids is 1. The SMILES string of the molecule is NCC(CSc1ccccc1)Nc1ccc(S(=O)(=O)NC(=O)c2ccc(-c3ccc(F)cc3)cc2)cc1[N+](=O)[O-]. The average molecular weight is 581 g/mol. The number of halogens is 1. The van der Waals surface area contributed by atoms with E-state index in [-0.39, 0.29) is 29.7 Å². The van der Waals surface area contributed by atoms with Crippen molar-refractivity contribution in [2.45, 2.75) is 15.8 Å². The summed E-state index contributed by atoms with van der Waals surface area (Å²) in [4.78, 5) is 24.3. The number of nitrogens with one attached hydrogen (secondary N) is 2. The molecule has 0 aliphatic heterocycles. The van der Waals surface area contributed by atoms with Crippen molar-refractivity contribution in [2.75, 3.05) is 17.6 Å². The summed E-state index contributed by atoms with van der Waals surface area (Å²) in [5, 5.41) is 14.8. The zero-order chi connectivity index (χ0) is 28.7. The Morgan fingerprint density at radius 3 is 2.17 bits per heavy atom. The van der Waals surface area contributed by atoms with E-state index in [9.17, 15) is 27.7 Å². The molecule has 9 nitrogen and oxygen atoms in total. The predicted molar refractivity (Wildman–Crippen MR) is 153 cm³/mol. The molecule has 1 atom stereocenters. The minimum atomic E-state index is -4.43. The Morgan fingerprint density at radius 1 is 0.950 bits per heavy atom.